The van der Waals surface area contributed by atoms with Crippen LogP contribution in [0.25, 0.3) is 10.2 Å². The van der Waals surface area contributed by atoms with Crippen molar-refractivity contribution in [3.05, 3.63) is 30.1 Å². The summed E-state index contributed by atoms with van der Waals surface area (Å²) in [5.41, 5.74) is 6.91. The van der Waals surface area contributed by atoms with Gasteiger partial charge in [0.15, 0.2) is 5.13 Å². The zero-order valence-electron chi connectivity index (χ0n) is 9.04. The Hall–Kier alpha value is -2.48. The summed E-state index contributed by atoms with van der Waals surface area (Å²) in [5.74, 6) is 0.0459. The van der Waals surface area contributed by atoms with Gasteiger partial charge in [0.25, 0.3) is 5.91 Å². The number of carbonyl (C=O) groups excluding carboxylic acids is 1. The standard InChI is InChI=1S/C10H8N6OS/c11-9-14-6-2-1-5(3-7(6)18-9)8(17)15-10-12-4-13-16-10/h1-4H,(H2,11,14)(H2,12,13,15,16,17). The minimum atomic E-state index is -0.263. The van der Waals surface area contributed by atoms with E-state index in [9.17, 15) is 4.79 Å². The number of thiazole rings is 1. The fourth-order valence-electron chi connectivity index (χ4n) is 1.53. The molecule has 0 saturated heterocycles. The van der Waals surface area contributed by atoms with Crippen LogP contribution in [-0.4, -0.2) is 26.1 Å². The van der Waals surface area contributed by atoms with E-state index in [2.05, 4.69) is 25.5 Å². The Kier molecular flexibility index (Phi) is 2.41. The summed E-state index contributed by atoms with van der Waals surface area (Å²) in [6.45, 7) is 0. The van der Waals surface area contributed by atoms with Crippen LogP contribution in [0, 0.1) is 0 Å². The smallest absolute Gasteiger partial charge is 0.258 e. The number of hydrogen-bond donors (Lipinski definition) is 3. The first-order chi connectivity index (χ1) is 8.72. The monoisotopic (exact) mass is 260 g/mol. The molecule has 1 aromatic carbocycles. The number of aromatic nitrogens is 4. The fourth-order valence-corrected chi connectivity index (χ4v) is 2.30. The van der Waals surface area contributed by atoms with E-state index in [1.165, 1.54) is 17.7 Å². The number of carbonyl (C=O) groups is 1. The van der Waals surface area contributed by atoms with E-state index in [1.807, 2.05) is 0 Å². The third kappa shape index (κ3) is 1.89. The van der Waals surface area contributed by atoms with E-state index in [0.717, 1.165) is 10.2 Å². The van der Waals surface area contributed by atoms with Gasteiger partial charge >= 0.3 is 0 Å². The molecule has 0 radical (unpaired) electrons. The Balaban J connectivity index is 1.91. The van der Waals surface area contributed by atoms with Crippen molar-refractivity contribution in [1.82, 2.24) is 20.2 Å². The van der Waals surface area contributed by atoms with Crippen LogP contribution >= 0.6 is 11.3 Å². The van der Waals surface area contributed by atoms with Crippen LogP contribution in [0.15, 0.2) is 24.5 Å². The second kappa shape index (κ2) is 4.08. The molecule has 18 heavy (non-hydrogen) atoms. The highest BCUT2D eigenvalue weighted by molar-refractivity contribution is 7.22. The number of H-pyrrole nitrogens is 1. The van der Waals surface area contributed by atoms with Gasteiger partial charge in [-0.25, -0.2) is 10.1 Å². The first-order valence-corrected chi connectivity index (χ1v) is 5.87. The molecule has 0 aliphatic heterocycles. The number of nitrogens with one attached hydrogen (secondary N) is 2. The van der Waals surface area contributed by atoms with Crippen LogP contribution in [0.5, 0.6) is 0 Å². The largest absolute Gasteiger partial charge is 0.375 e. The van der Waals surface area contributed by atoms with Gasteiger partial charge in [-0.3, -0.25) is 10.1 Å². The SMILES string of the molecule is Nc1nc2ccc(C(=O)Nc3ncn[nH]3)cc2s1. The predicted octanol–water partition coefficient (Wildman–Crippen LogP) is 1.25. The lowest BCUT2D eigenvalue weighted by Crippen LogP contribution is -2.12. The van der Waals surface area contributed by atoms with Crippen molar-refractivity contribution < 1.29 is 4.79 Å². The summed E-state index contributed by atoms with van der Waals surface area (Å²) in [5, 5.41) is 9.28. The molecule has 8 heteroatoms. The fraction of sp³-hybridized carbons (Fsp3) is 0. The molecule has 0 unspecified atom stereocenters. The Bertz CT molecular complexity index is 704. The predicted molar refractivity (Wildman–Crippen MR) is 68.4 cm³/mol. The van der Waals surface area contributed by atoms with Gasteiger partial charge in [0, 0.05) is 5.56 Å². The Labute approximate surface area is 105 Å². The molecule has 7 nitrogen and oxygen atoms in total. The van der Waals surface area contributed by atoms with E-state index in [4.69, 9.17) is 5.73 Å². The van der Waals surface area contributed by atoms with Gasteiger partial charge in [0.1, 0.15) is 6.33 Å². The normalized spacial score (nSPS) is 10.7. The molecule has 4 N–H and O–H groups in total. The van der Waals surface area contributed by atoms with Crippen molar-refractivity contribution >= 4 is 38.5 Å². The quantitative estimate of drug-likeness (QED) is 0.642. The second-order valence-corrected chi connectivity index (χ2v) is 4.59. The number of aromatic amines is 1. The molecular formula is C10H8N6OS. The Morgan fingerprint density at radius 3 is 3.11 bits per heavy atom. The second-order valence-electron chi connectivity index (χ2n) is 3.52. The molecule has 2 heterocycles. The van der Waals surface area contributed by atoms with Crippen LogP contribution in [0.1, 0.15) is 10.4 Å². The van der Waals surface area contributed by atoms with Crippen LogP contribution in [-0.2, 0) is 0 Å². The highest BCUT2D eigenvalue weighted by Crippen LogP contribution is 2.24. The van der Waals surface area contributed by atoms with Gasteiger partial charge in [0.05, 0.1) is 10.2 Å². The lowest BCUT2D eigenvalue weighted by molar-refractivity contribution is 0.102. The topological polar surface area (TPSA) is 110 Å². The molecule has 0 spiro atoms. The molecule has 0 saturated carbocycles. The van der Waals surface area contributed by atoms with Crippen LogP contribution in [0.2, 0.25) is 0 Å². The van der Waals surface area contributed by atoms with Gasteiger partial charge in [0.2, 0.25) is 5.95 Å². The van der Waals surface area contributed by atoms with E-state index in [-0.39, 0.29) is 5.91 Å². The lowest BCUT2D eigenvalue weighted by atomic mass is 10.2. The average Bonchev–Trinajstić information content (AvgIpc) is 2.95. The summed E-state index contributed by atoms with van der Waals surface area (Å²) < 4.78 is 0.873. The van der Waals surface area contributed by atoms with Crippen LogP contribution < -0.4 is 11.1 Å². The van der Waals surface area contributed by atoms with Crippen molar-refractivity contribution in [3.63, 3.8) is 0 Å². The number of benzene rings is 1. The molecule has 0 bridgehead atoms. The summed E-state index contributed by atoms with van der Waals surface area (Å²) in [7, 11) is 0. The maximum absolute atomic E-state index is 11.9. The van der Waals surface area contributed by atoms with E-state index >= 15 is 0 Å². The zero-order valence-corrected chi connectivity index (χ0v) is 9.86. The molecule has 0 aliphatic rings. The number of anilines is 2. The minimum absolute atomic E-state index is 0.263. The van der Waals surface area contributed by atoms with Gasteiger partial charge in [-0.2, -0.15) is 10.1 Å². The molecule has 0 aliphatic carbocycles. The number of rotatable bonds is 2. The van der Waals surface area contributed by atoms with E-state index < -0.39 is 0 Å². The highest BCUT2D eigenvalue weighted by Gasteiger charge is 2.10. The number of nitrogen functional groups attached to an aromatic ring is 1. The summed E-state index contributed by atoms with van der Waals surface area (Å²) in [6.07, 6.45) is 1.32. The lowest BCUT2D eigenvalue weighted by Gasteiger charge is -2.00. The summed E-state index contributed by atoms with van der Waals surface area (Å²) in [6, 6.07) is 5.19. The molecule has 0 atom stereocenters. The van der Waals surface area contributed by atoms with Gasteiger partial charge in [-0.05, 0) is 18.2 Å². The highest BCUT2D eigenvalue weighted by atomic mass is 32.1. The molecule has 1 amide bonds. The zero-order chi connectivity index (χ0) is 12.5. The number of hydrogen-bond acceptors (Lipinski definition) is 6. The molecule has 3 aromatic rings. The van der Waals surface area contributed by atoms with Gasteiger partial charge < -0.3 is 5.73 Å². The number of fused-ring (bicyclic) bond motifs is 1. The van der Waals surface area contributed by atoms with Crippen molar-refractivity contribution in [3.8, 4) is 0 Å². The van der Waals surface area contributed by atoms with Crippen molar-refractivity contribution in [2.45, 2.75) is 0 Å². The third-order valence-electron chi connectivity index (χ3n) is 2.31. The number of nitrogens with two attached hydrogens (primary N) is 1. The van der Waals surface area contributed by atoms with Crippen LogP contribution in [0.3, 0.4) is 0 Å². The minimum Gasteiger partial charge on any atom is -0.375 e. The Morgan fingerprint density at radius 2 is 2.33 bits per heavy atom. The molecule has 0 fully saturated rings. The van der Waals surface area contributed by atoms with Crippen molar-refractivity contribution in [1.29, 1.82) is 0 Å². The van der Waals surface area contributed by atoms with Crippen molar-refractivity contribution in [2.24, 2.45) is 0 Å². The molecule has 2 aromatic heterocycles. The maximum Gasteiger partial charge on any atom is 0.258 e. The van der Waals surface area contributed by atoms with E-state index in [0.29, 0.717) is 16.6 Å². The molecule has 3 rings (SSSR count). The Morgan fingerprint density at radius 1 is 1.44 bits per heavy atom. The third-order valence-corrected chi connectivity index (χ3v) is 3.16. The molecular weight excluding hydrogens is 252 g/mol. The maximum atomic E-state index is 11.9. The van der Waals surface area contributed by atoms with Gasteiger partial charge in [-0.1, -0.05) is 11.3 Å². The number of nitrogens with zero attached hydrogens (tertiary/aromatic N) is 3. The first kappa shape index (κ1) is 10.7. The first-order valence-electron chi connectivity index (χ1n) is 5.05. The average molecular weight is 260 g/mol. The number of amides is 1. The van der Waals surface area contributed by atoms with E-state index in [1.54, 1.807) is 18.2 Å². The van der Waals surface area contributed by atoms with Crippen LogP contribution in [0.4, 0.5) is 11.1 Å². The summed E-state index contributed by atoms with van der Waals surface area (Å²) >= 11 is 1.34. The van der Waals surface area contributed by atoms with Gasteiger partial charge in [-0.15, -0.1) is 0 Å². The molecule has 90 valence electrons. The van der Waals surface area contributed by atoms with Crippen molar-refractivity contribution in [2.75, 3.05) is 11.1 Å². The summed E-state index contributed by atoms with van der Waals surface area (Å²) in [4.78, 5) is 19.9.